The van der Waals surface area contributed by atoms with Crippen LogP contribution in [0.5, 0.6) is 0 Å². The van der Waals surface area contributed by atoms with Gasteiger partial charge in [0.25, 0.3) is 11.1 Å². The molecule has 1 fully saturated rings. The number of nitrogens with one attached hydrogen (secondary N) is 2. The lowest BCUT2D eigenvalue weighted by Gasteiger charge is -2.12. The first kappa shape index (κ1) is 17.1. The van der Waals surface area contributed by atoms with E-state index in [0.717, 1.165) is 23.9 Å². The number of benzene rings is 2. The van der Waals surface area contributed by atoms with Crippen molar-refractivity contribution in [2.24, 2.45) is 0 Å². The van der Waals surface area contributed by atoms with E-state index in [1.165, 1.54) is 18.2 Å². The zero-order chi connectivity index (χ0) is 18.0. The van der Waals surface area contributed by atoms with Crippen molar-refractivity contribution in [1.82, 2.24) is 5.32 Å². The van der Waals surface area contributed by atoms with Crippen LogP contribution in [0.15, 0.2) is 53.4 Å². The van der Waals surface area contributed by atoms with Crippen LogP contribution in [0.3, 0.4) is 0 Å². The molecule has 2 N–H and O–H groups in total. The molecule has 0 aliphatic carbocycles. The van der Waals surface area contributed by atoms with E-state index in [4.69, 9.17) is 0 Å². The smallest absolute Gasteiger partial charge is 0.355 e. The average Bonchev–Trinajstić information content (AvgIpc) is 2.86. The third kappa shape index (κ3) is 4.03. The number of carbonyl (C=O) groups excluding carboxylic acids is 2. The van der Waals surface area contributed by atoms with Gasteiger partial charge in [-0.1, -0.05) is 24.3 Å². The number of imide groups is 1. The predicted octanol–water partition coefficient (Wildman–Crippen LogP) is 4.77. The highest BCUT2D eigenvalue weighted by molar-refractivity contribution is 8.18. The Morgan fingerprint density at radius 1 is 1.04 bits per heavy atom. The number of para-hydroxylation sites is 1. The number of hydrogen-bond acceptors (Lipinski definition) is 4. The number of carbonyl (C=O) groups is 2. The summed E-state index contributed by atoms with van der Waals surface area (Å²) < 4.78 is 38.5. The number of halogens is 3. The molecule has 0 saturated carbocycles. The maximum Gasteiger partial charge on any atom is 0.416 e. The highest BCUT2D eigenvalue weighted by Crippen LogP contribution is 2.33. The van der Waals surface area contributed by atoms with E-state index in [-0.39, 0.29) is 10.6 Å². The standard InChI is InChI=1S/C17H11F3N2O2S/c18-17(19,20)11-5-3-6-12(9-11)21-13-7-2-1-4-10(13)8-14-15(23)22-16(24)25-14/h1-9,21H,(H,22,23,24)/b14-8-. The lowest BCUT2D eigenvalue weighted by molar-refractivity contribution is -0.137. The molecule has 2 aromatic rings. The molecule has 4 nitrogen and oxygen atoms in total. The lowest BCUT2D eigenvalue weighted by atomic mass is 10.1. The van der Waals surface area contributed by atoms with Gasteiger partial charge < -0.3 is 5.32 Å². The van der Waals surface area contributed by atoms with Gasteiger partial charge in [0.15, 0.2) is 0 Å². The quantitative estimate of drug-likeness (QED) is 0.770. The average molecular weight is 364 g/mol. The van der Waals surface area contributed by atoms with Crippen molar-refractivity contribution in [1.29, 1.82) is 0 Å². The molecule has 1 heterocycles. The summed E-state index contributed by atoms with van der Waals surface area (Å²) >= 11 is 0.774. The van der Waals surface area contributed by atoms with E-state index in [1.54, 1.807) is 24.3 Å². The van der Waals surface area contributed by atoms with Crippen LogP contribution in [0.2, 0.25) is 0 Å². The summed E-state index contributed by atoms with van der Waals surface area (Å²) in [4.78, 5) is 23.1. The van der Waals surface area contributed by atoms with Crippen molar-refractivity contribution in [2.45, 2.75) is 6.18 Å². The molecule has 3 rings (SSSR count). The van der Waals surface area contributed by atoms with E-state index in [0.29, 0.717) is 11.3 Å². The minimum absolute atomic E-state index is 0.225. The fourth-order valence-corrected chi connectivity index (χ4v) is 2.90. The number of hydrogen-bond donors (Lipinski definition) is 2. The highest BCUT2D eigenvalue weighted by Gasteiger charge is 2.30. The third-order valence-corrected chi connectivity index (χ3v) is 4.17. The van der Waals surface area contributed by atoms with Crippen LogP contribution >= 0.6 is 11.8 Å². The fourth-order valence-electron chi connectivity index (χ4n) is 2.23. The van der Waals surface area contributed by atoms with Crippen LogP contribution in [-0.2, 0) is 11.0 Å². The molecule has 2 amide bonds. The van der Waals surface area contributed by atoms with E-state index >= 15 is 0 Å². The molecule has 1 aliphatic rings. The Morgan fingerprint density at radius 3 is 2.48 bits per heavy atom. The topological polar surface area (TPSA) is 58.2 Å². The Kier molecular flexibility index (Phi) is 4.54. The zero-order valence-corrected chi connectivity index (χ0v) is 13.4. The van der Waals surface area contributed by atoms with Gasteiger partial charge >= 0.3 is 6.18 Å². The maximum absolute atomic E-state index is 12.8. The van der Waals surface area contributed by atoms with Gasteiger partial charge in [0.2, 0.25) is 0 Å². The summed E-state index contributed by atoms with van der Waals surface area (Å²) in [6.07, 6.45) is -2.92. The molecule has 8 heteroatoms. The molecule has 0 radical (unpaired) electrons. The summed E-state index contributed by atoms with van der Waals surface area (Å²) in [7, 11) is 0. The van der Waals surface area contributed by atoms with Gasteiger partial charge in [0, 0.05) is 11.4 Å². The monoisotopic (exact) mass is 364 g/mol. The van der Waals surface area contributed by atoms with Gasteiger partial charge in [0.05, 0.1) is 10.5 Å². The zero-order valence-electron chi connectivity index (χ0n) is 12.6. The van der Waals surface area contributed by atoms with Crippen molar-refractivity contribution in [2.75, 3.05) is 5.32 Å². The highest BCUT2D eigenvalue weighted by atomic mass is 32.2. The molecule has 1 saturated heterocycles. The normalized spacial score (nSPS) is 16.2. The Bertz CT molecular complexity index is 878. The second-order valence-corrected chi connectivity index (χ2v) is 6.16. The molecular weight excluding hydrogens is 353 g/mol. The molecule has 0 unspecified atom stereocenters. The second kappa shape index (κ2) is 6.64. The van der Waals surface area contributed by atoms with Crippen molar-refractivity contribution < 1.29 is 22.8 Å². The Labute approximate surface area is 145 Å². The number of thioether (sulfide) groups is 1. The molecule has 0 bridgehead atoms. The summed E-state index contributed by atoms with van der Waals surface area (Å²) in [5, 5.41) is 4.61. The lowest BCUT2D eigenvalue weighted by Crippen LogP contribution is -2.17. The van der Waals surface area contributed by atoms with E-state index < -0.39 is 22.9 Å². The molecule has 0 spiro atoms. The van der Waals surface area contributed by atoms with Gasteiger partial charge in [0.1, 0.15) is 0 Å². The molecular formula is C17H11F3N2O2S. The fraction of sp³-hybridized carbons (Fsp3) is 0.0588. The van der Waals surface area contributed by atoms with Gasteiger partial charge in [-0.15, -0.1) is 0 Å². The summed E-state index contributed by atoms with van der Waals surface area (Å²) in [5.74, 6) is -0.496. The molecule has 128 valence electrons. The van der Waals surface area contributed by atoms with Crippen molar-refractivity contribution >= 4 is 40.4 Å². The van der Waals surface area contributed by atoms with Crippen molar-refractivity contribution in [3.8, 4) is 0 Å². The minimum atomic E-state index is -4.43. The van der Waals surface area contributed by atoms with Crippen LogP contribution in [0, 0.1) is 0 Å². The second-order valence-electron chi connectivity index (χ2n) is 5.14. The summed E-state index contributed by atoms with van der Waals surface area (Å²) in [6.45, 7) is 0. The predicted molar refractivity (Wildman–Crippen MR) is 90.3 cm³/mol. The molecule has 25 heavy (non-hydrogen) atoms. The van der Waals surface area contributed by atoms with Crippen molar-refractivity contribution in [3.63, 3.8) is 0 Å². The number of alkyl halides is 3. The molecule has 2 aromatic carbocycles. The number of amides is 2. The molecule has 0 aromatic heterocycles. The number of rotatable bonds is 3. The summed E-state index contributed by atoms with van der Waals surface area (Å²) in [5.41, 5.74) is 0.597. The maximum atomic E-state index is 12.8. The first-order chi connectivity index (χ1) is 11.8. The van der Waals surface area contributed by atoms with Crippen molar-refractivity contribution in [3.05, 3.63) is 64.6 Å². The molecule has 1 aliphatic heterocycles. The minimum Gasteiger partial charge on any atom is -0.355 e. The van der Waals surface area contributed by atoms with Crippen LogP contribution in [0.25, 0.3) is 6.08 Å². The third-order valence-electron chi connectivity index (χ3n) is 3.36. The summed E-state index contributed by atoms with van der Waals surface area (Å²) in [6, 6.07) is 11.6. The number of anilines is 2. The van der Waals surface area contributed by atoms with Crippen LogP contribution in [-0.4, -0.2) is 11.1 Å². The van der Waals surface area contributed by atoms with Gasteiger partial charge in [-0.2, -0.15) is 13.2 Å². The first-order valence-electron chi connectivity index (χ1n) is 7.11. The first-order valence-corrected chi connectivity index (χ1v) is 7.93. The largest absolute Gasteiger partial charge is 0.416 e. The van der Waals surface area contributed by atoms with E-state index in [2.05, 4.69) is 10.6 Å². The van der Waals surface area contributed by atoms with Crippen LogP contribution < -0.4 is 10.6 Å². The van der Waals surface area contributed by atoms with Gasteiger partial charge in [-0.05, 0) is 47.7 Å². The SMILES string of the molecule is O=C1NC(=O)/C(=C/c2ccccc2Nc2cccc(C(F)(F)F)c2)S1. The van der Waals surface area contributed by atoms with E-state index in [1.807, 2.05) is 0 Å². The van der Waals surface area contributed by atoms with Gasteiger partial charge in [-0.25, -0.2) is 0 Å². The van der Waals surface area contributed by atoms with E-state index in [9.17, 15) is 22.8 Å². The van der Waals surface area contributed by atoms with Crippen LogP contribution in [0.4, 0.5) is 29.3 Å². The Balaban J connectivity index is 1.91. The van der Waals surface area contributed by atoms with Crippen LogP contribution in [0.1, 0.15) is 11.1 Å². The van der Waals surface area contributed by atoms with Gasteiger partial charge in [-0.3, -0.25) is 14.9 Å². The Hall–Kier alpha value is -2.74. The molecule has 0 atom stereocenters. The Morgan fingerprint density at radius 2 is 1.80 bits per heavy atom.